The van der Waals surface area contributed by atoms with E-state index in [1.807, 2.05) is 6.07 Å². The summed E-state index contributed by atoms with van der Waals surface area (Å²) >= 11 is 8.38. The van der Waals surface area contributed by atoms with Gasteiger partial charge >= 0.3 is 0 Å². The number of aromatic nitrogens is 1. The number of nitrogens with one attached hydrogen (secondary N) is 1. The van der Waals surface area contributed by atoms with Gasteiger partial charge in [0.15, 0.2) is 15.5 Å². The summed E-state index contributed by atoms with van der Waals surface area (Å²) in [4.78, 5) is 4.28. The second-order valence-electron chi connectivity index (χ2n) is 4.66. The summed E-state index contributed by atoms with van der Waals surface area (Å²) < 4.78 is 5.90. The Hall–Kier alpha value is -1.49. The fourth-order valence-electron chi connectivity index (χ4n) is 2.47. The van der Waals surface area contributed by atoms with Crippen LogP contribution in [0.15, 0.2) is 23.2 Å². The Morgan fingerprint density at radius 2 is 2.33 bits per heavy atom. The van der Waals surface area contributed by atoms with Crippen LogP contribution in [-0.4, -0.2) is 23.0 Å². The molecular weight excluding hydrogens is 324 g/mol. The van der Waals surface area contributed by atoms with Crippen molar-refractivity contribution in [3.63, 3.8) is 0 Å². The summed E-state index contributed by atoms with van der Waals surface area (Å²) in [5.74, 6) is 1.07. The van der Waals surface area contributed by atoms with E-state index >= 15 is 0 Å². The number of H-pyrrole nitrogens is 1. The Balaban J connectivity index is 2.14. The zero-order valence-electron chi connectivity index (χ0n) is 11.1. The SMILES string of the molecule is COc1cc(C2c3sc(=S)[nH]c3SCC2C#N)ccc1O. The summed E-state index contributed by atoms with van der Waals surface area (Å²) in [6, 6.07) is 7.64. The lowest BCUT2D eigenvalue weighted by Crippen LogP contribution is -2.19. The van der Waals surface area contributed by atoms with Gasteiger partial charge in [-0.15, -0.1) is 23.1 Å². The molecule has 0 radical (unpaired) electrons. The normalized spacial score (nSPS) is 20.6. The molecule has 0 fully saturated rings. The number of rotatable bonds is 2. The summed E-state index contributed by atoms with van der Waals surface area (Å²) in [5.41, 5.74) is 0.961. The first kappa shape index (κ1) is 14.4. The first-order chi connectivity index (χ1) is 10.1. The van der Waals surface area contributed by atoms with Crippen molar-refractivity contribution in [3.05, 3.63) is 32.6 Å². The average molecular weight is 336 g/mol. The van der Waals surface area contributed by atoms with Crippen LogP contribution in [0, 0.1) is 21.2 Å². The third-order valence-corrected chi connectivity index (χ3v) is 6.05. The Labute approximate surface area is 135 Å². The number of nitrogens with zero attached hydrogens (tertiary/aromatic N) is 1. The van der Waals surface area contributed by atoms with Crippen LogP contribution in [0.4, 0.5) is 0 Å². The molecule has 2 unspecified atom stereocenters. The van der Waals surface area contributed by atoms with E-state index in [1.54, 1.807) is 23.9 Å². The summed E-state index contributed by atoms with van der Waals surface area (Å²) in [6.45, 7) is 0. The third kappa shape index (κ3) is 2.55. The number of ether oxygens (including phenoxy) is 1. The molecule has 0 amide bonds. The minimum Gasteiger partial charge on any atom is -0.504 e. The second kappa shape index (κ2) is 5.72. The van der Waals surface area contributed by atoms with Crippen LogP contribution >= 0.6 is 35.3 Å². The molecular formula is C14H12N2O2S3. The molecule has 2 heterocycles. The molecule has 1 aliphatic heterocycles. The van der Waals surface area contributed by atoms with Crippen molar-refractivity contribution in [2.75, 3.05) is 12.9 Å². The molecule has 7 heteroatoms. The Morgan fingerprint density at radius 1 is 1.52 bits per heavy atom. The maximum atomic E-state index is 9.74. The highest BCUT2D eigenvalue weighted by atomic mass is 32.2. The van der Waals surface area contributed by atoms with Gasteiger partial charge in [-0.1, -0.05) is 6.07 Å². The molecule has 0 aliphatic carbocycles. The molecule has 3 rings (SSSR count). The molecule has 2 aromatic rings. The molecule has 2 atom stereocenters. The van der Waals surface area contributed by atoms with Crippen LogP contribution in [0.2, 0.25) is 0 Å². The van der Waals surface area contributed by atoms with Crippen molar-refractivity contribution in [3.8, 4) is 17.6 Å². The van der Waals surface area contributed by atoms with Crippen molar-refractivity contribution in [2.45, 2.75) is 10.9 Å². The molecule has 0 saturated carbocycles. The quantitative estimate of drug-likeness (QED) is 0.814. The lowest BCUT2D eigenvalue weighted by atomic mass is 9.86. The molecule has 108 valence electrons. The van der Waals surface area contributed by atoms with Gasteiger partial charge in [-0.2, -0.15) is 5.26 Å². The van der Waals surface area contributed by atoms with Gasteiger partial charge in [-0.05, 0) is 29.9 Å². The summed E-state index contributed by atoms with van der Waals surface area (Å²) in [6.07, 6.45) is 0. The zero-order chi connectivity index (χ0) is 15.0. The van der Waals surface area contributed by atoms with Gasteiger partial charge in [-0.3, -0.25) is 0 Å². The number of nitriles is 1. The summed E-state index contributed by atoms with van der Waals surface area (Å²) in [5, 5.41) is 20.3. The second-order valence-corrected chi connectivity index (χ2v) is 7.41. The molecule has 0 saturated heterocycles. The minimum absolute atomic E-state index is 0.0429. The number of methoxy groups -OCH3 is 1. The number of aromatic hydroxyl groups is 1. The number of phenolic OH excluding ortho intramolecular Hbond substituents is 1. The fraction of sp³-hybridized carbons (Fsp3) is 0.286. The van der Waals surface area contributed by atoms with Crippen molar-refractivity contribution < 1.29 is 9.84 Å². The molecule has 1 aromatic heterocycles. The highest BCUT2D eigenvalue weighted by Gasteiger charge is 2.34. The number of thiazole rings is 1. The number of hydrogen-bond donors (Lipinski definition) is 2. The fourth-order valence-corrected chi connectivity index (χ4v) is 5.26. The number of hydrogen-bond acceptors (Lipinski definition) is 6. The largest absolute Gasteiger partial charge is 0.504 e. The number of aromatic amines is 1. The number of thioether (sulfide) groups is 1. The monoisotopic (exact) mass is 336 g/mol. The molecule has 1 aliphatic rings. The standard InChI is InChI=1S/C14H12N2O2S3/c1-18-10-4-7(2-3-9(10)17)11-8(5-15)6-20-13-12(11)21-14(19)16-13/h2-4,8,11,17H,6H2,1H3,(H,16,19). The number of fused-ring (bicyclic) bond motifs is 1. The van der Waals surface area contributed by atoms with Crippen molar-refractivity contribution in [1.29, 1.82) is 5.26 Å². The first-order valence-corrected chi connectivity index (χ1v) is 8.47. The predicted molar refractivity (Wildman–Crippen MR) is 85.8 cm³/mol. The van der Waals surface area contributed by atoms with E-state index in [4.69, 9.17) is 17.0 Å². The Kier molecular flexibility index (Phi) is 3.93. The smallest absolute Gasteiger partial charge is 0.160 e. The van der Waals surface area contributed by atoms with Gasteiger partial charge < -0.3 is 14.8 Å². The van der Waals surface area contributed by atoms with E-state index in [0.717, 1.165) is 25.2 Å². The lowest BCUT2D eigenvalue weighted by molar-refractivity contribution is 0.372. The van der Waals surface area contributed by atoms with Crippen LogP contribution in [0.1, 0.15) is 16.4 Å². The molecule has 4 nitrogen and oxygen atoms in total. The minimum atomic E-state index is -0.127. The maximum absolute atomic E-state index is 9.74. The van der Waals surface area contributed by atoms with E-state index in [9.17, 15) is 10.4 Å². The number of benzene rings is 1. The van der Waals surface area contributed by atoms with Crippen LogP contribution in [0.3, 0.4) is 0 Å². The first-order valence-electron chi connectivity index (χ1n) is 6.26. The number of phenols is 1. The van der Waals surface area contributed by atoms with Crippen molar-refractivity contribution in [2.24, 2.45) is 5.92 Å². The Morgan fingerprint density at radius 3 is 3.05 bits per heavy atom. The van der Waals surface area contributed by atoms with E-state index in [2.05, 4.69) is 11.1 Å². The third-order valence-electron chi connectivity index (χ3n) is 3.46. The van der Waals surface area contributed by atoms with E-state index in [-0.39, 0.29) is 17.6 Å². The average Bonchev–Trinajstić information content (AvgIpc) is 2.87. The van der Waals surface area contributed by atoms with Gasteiger partial charge in [0.25, 0.3) is 0 Å². The van der Waals surface area contributed by atoms with E-state index in [1.165, 1.54) is 18.4 Å². The highest BCUT2D eigenvalue weighted by Crippen LogP contribution is 2.47. The topological polar surface area (TPSA) is 69.0 Å². The molecule has 21 heavy (non-hydrogen) atoms. The van der Waals surface area contributed by atoms with Gasteiger partial charge in [-0.25, -0.2) is 0 Å². The van der Waals surface area contributed by atoms with Gasteiger partial charge in [0.05, 0.1) is 24.1 Å². The molecule has 2 N–H and O–H groups in total. The van der Waals surface area contributed by atoms with Crippen LogP contribution in [0.25, 0.3) is 0 Å². The Bertz CT molecular complexity index is 775. The predicted octanol–water partition coefficient (Wildman–Crippen LogP) is 3.90. The molecule has 0 bridgehead atoms. The van der Waals surface area contributed by atoms with Gasteiger partial charge in [0, 0.05) is 16.5 Å². The lowest BCUT2D eigenvalue weighted by Gasteiger charge is -2.26. The van der Waals surface area contributed by atoms with Gasteiger partial charge in [0.1, 0.15) is 0 Å². The van der Waals surface area contributed by atoms with Crippen LogP contribution < -0.4 is 4.74 Å². The maximum Gasteiger partial charge on any atom is 0.160 e. The molecule has 0 spiro atoms. The summed E-state index contributed by atoms with van der Waals surface area (Å²) in [7, 11) is 1.52. The van der Waals surface area contributed by atoms with E-state index < -0.39 is 0 Å². The van der Waals surface area contributed by atoms with Crippen LogP contribution in [-0.2, 0) is 0 Å². The van der Waals surface area contributed by atoms with E-state index in [0.29, 0.717) is 5.75 Å². The van der Waals surface area contributed by atoms with Crippen molar-refractivity contribution >= 4 is 35.3 Å². The molecule has 1 aromatic carbocycles. The zero-order valence-corrected chi connectivity index (χ0v) is 13.6. The highest BCUT2D eigenvalue weighted by molar-refractivity contribution is 7.99. The van der Waals surface area contributed by atoms with Gasteiger partial charge in [0.2, 0.25) is 0 Å². The van der Waals surface area contributed by atoms with Crippen LogP contribution in [0.5, 0.6) is 11.5 Å². The van der Waals surface area contributed by atoms with Crippen molar-refractivity contribution in [1.82, 2.24) is 4.98 Å².